The van der Waals surface area contributed by atoms with Gasteiger partial charge in [0.15, 0.2) is 0 Å². The third-order valence-corrected chi connectivity index (χ3v) is 8.98. The highest BCUT2D eigenvalue weighted by molar-refractivity contribution is 5.16. The van der Waals surface area contributed by atoms with Crippen LogP contribution in [0.15, 0.2) is 91.0 Å². The van der Waals surface area contributed by atoms with Crippen molar-refractivity contribution in [1.82, 2.24) is 4.90 Å². The number of rotatable bonds is 11. The Morgan fingerprint density at radius 2 is 1.10 bits per heavy atom. The average molecular weight is 542 g/mol. The number of likely N-dealkylation sites (tertiary alicyclic amines) is 1. The molecule has 0 aromatic heterocycles. The van der Waals surface area contributed by atoms with Gasteiger partial charge < -0.3 is 14.2 Å². The summed E-state index contributed by atoms with van der Waals surface area (Å²) in [6.45, 7) is 10.8. The fourth-order valence-corrected chi connectivity index (χ4v) is 6.30. The minimum atomic E-state index is -0.163. The first-order valence-electron chi connectivity index (χ1n) is 15.2. The molecule has 5 rings (SSSR count). The summed E-state index contributed by atoms with van der Waals surface area (Å²) in [4.78, 5) is 2.64. The van der Waals surface area contributed by atoms with Crippen LogP contribution in [0.2, 0.25) is 0 Å². The molecule has 40 heavy (non-hydrogen) atoms. The molecule has 3 aromatic carbocycles. The molecule has 1 saturated heterocycles. The van der Waals surface area contributed by atoms with E-state index < -0.39 is 0 Å². The van der Waals surface area contributed by atoms with Gasteiger partial charge in [-0.15, -0.1) is 0 Å². The molecular formula is C36H47NO3. The summed E-state index contributed by atoms with van der Waals surface area (Å²) in [7, 11) is 0. The van der Waals surface area contributed by atoms with Crippen molar-refractivity contribution in [2.24, 2.45) is 11.3 Å². The fourth-order valence-electron chi connectivity index (χ4n) is 6.30. The zero-order valence-electron chi connectivity index (χ0n) is 24.6. The summed E-state index contributed by atoms with van der Waals surface area (Å²) < 4.78 is 20.2. The van der Waals surface area contributed by atoms with Crippen LogP contribution >= 0.6 is 0 Å². The van der Waals surface area contributed by atoms with Crippen LogP contribution in [-0.4, -0.2) is 42.3 Å². The first-order valence-corrected chi connectivity index (χ1v) is 15.2. The van der Waals surface area contributed by atoms with Crippen LogP contribution in [0, 0.1) is 11.3 Å². The van der Waals surface area contributed by atoms with Gasteiger partial charge in [-0.25, -0.2) is 0 Å². The Labute approximate surface area is 241 Å². The van der Waals surface area contributed by atoms with E-state index >= 15 is 0 Å². The lowest BCUT2D eigenvalue weighted by atomic mass is 9.73. The molecule has 4 heteroatoms. The van der Waals surface area contributed by atoms with Gasteiger partial charge >= 0.3 is 0 Å². The second-order valence-electron chi connectivity index (χ2n) is 12.7. The van der Waals surface area contributed by atoms with Gasteiger partial charge in [-0.2, -0.15) is 0 Å². The van der Waals surface area contributed by atoms with Crippen LogP contribution in [0.25, 0.3) is 0 Å². The monoisotopic (exact) mass is 541 g/mol. The number of hydrogen-bond acceptors (Lipinski definition) is 4. The lowest BCUT2D eigenvalue weighted by Crippen LogP contribution is -2.63. The molecule has 0 amide bonds. The van der Waals surface area contributed by atoms with Crippen molar-refractivity contribution in [3.05, 3.63) is 108 Å². The Morgan fingerprint density at radius 1 is 0.650 bits per heavy atom. The third kappa shape index (κ3) is 8.04. The van der Waals surface area contributed by atoms with Crippen LogP contribution in [0.5, 0.6) is 0 Å². The number of benzene rings is 3. The molecule has 4 atom stereocenters. The fraction of sp³-hybridized carbons (Fsp3) is 0.500. The lowest BCUT2D eigenvalue weighted by Gasteiger charge is -2.49. The van der Waals surface area contributed by atoms with E-state index in [-0.39, 0.29) is 24.4 Å². The summed E-state index contributed by atoms with van der Waals surface area (Å²) in [5, 5.41) is 0. The van der Waals surface area contributed by atoms with E-state index in [1.165, 1.54) is 42.4 Å². The van der Waals surface area contributed by atoms with Gasteiger partial charge in [0.2, 0.25) is 0 Å². The molecule has 1 aliphatic carbocycles. The Kier molecular flexibility index (Phi) is 10.1. The molecule has 2 fully saturated rings. The van der Waals surface area contributed by atoms with Crippen LogP contribution in [-0.2, 0) is 34.0 Å². The second kappa shape index (κ2) is 13.9. The summed E-state index contributed by atoms with van der Waals surface area (Å²) in [6, 6.07) is 31.6. The molecule has 4 nitrogen and oxygen atoms in total. The third-order valence-electron chi connectivity index (χ3n) is 8.98. The molecule has 1 aliphatic heterocycles. The Bertz CT molecular complexity index is 1130. The van der Waals surface area contributed by atoms with Crippen LogP contribution in [0.3, 0.4) is 0 Å². The molecule has 2 aliphatic rings. The molecule has 0 spiro atoms. The second-order valence-corrected chi connectivity index (χ2v) is 12.7. The van der Waals surface area contributed by atoms with Crippen LogP contribution in [0.1, 0.15) is 63.1 Å². The van der Waals surface area contributed by atoms with Gasteiger partial charge in [-0.05, 0) is 60.6 Å². The van der Waals surface area contributed by atoms with Gasteiger partial charge in [0.1, 0.15) is 12.2 Å². The number of piperidine rings is 1. The number of nitrogens with zero attached hydrogens (tertiary/aromatic N) is 1. The predicted molar refractivity (Wildman–Crippen MR) is 162 cm³/mol. The van der Waals surface area contributed by atoms with Crippen molar-refractivity contribution in [2.75, 3.05) is 13.1 Å². The van der Waals surface area contributed by atoms with Gasteiger partial charge in [-0.3, -0.25) is 4.90 Å². The summed E-state index contributed by atoms with van der Waals surface area (Å²) in [5.41, 5.74) is 4.02. The first-order chi connectivity index (χ1) is 19.5. The Balaban J connectivity index is 1.36. The molecular weight excluding hydrogens is 494 g/mol. The van der Waals surface area contributed by atoms with Gasteiger partial charge in [0, 0.05) is 19.1 Å². The summed E-state index contributed by atoms with van der Waals surface area (Å²) >= 11 is 0. The quantitative estimate of drug-likeness (QED) is 0.249. The van der Waals surface area contributed by atoms with Crippen molar-refractivity contribution in [2.45, 2.75) is 90.6 Å². The van der Waals surface area contributed by atoms with Crippen molar-refractivity contribution >= 4 is 0 Å². The predicted octanol–water partition coefficient (Wildman–Crippen LogP) is 7.66. The minimum Gasteiger partial charge on any atom is -0.369 e. The highest BCUT2D eigenvalue weighted by atomic mass is 16.6. The average Bonchev–Trinajstić information content (AvgIpc) is 2.98. The van der Waals surface area contributed by atoms with E-state index in [2.05, 4.69) is 111 Å². The highest BCUT2D eigenvalue weighted by Gasteiger charge is 2.44. The van der Waals surface area contributed by atoms with Crippen LogP contribution in [0.4, 0.5) is 0 Å². The largest absolute Gasteiger partial charge is 0.369 e. The van der Waals surface area contributed by atoms with Crippen molar-refractivity contribution in [3.8, 4) is 0 Å². The molecule has 0 bridgehead atoms. The normalized spacial score (nSPS) is 25.6. The zero-order valence-corrected chi connectivity index (χ0v) is 24.6. The molecule has 1 saturated carbocycles. The van der Waals surface area contributed by atoms with Gasteiger partial charge in [0.05, 0.1) is 25.9 Å². The van der Waals surface area contributed by atoms with Gasteiger partial charge in [0.25, 0.3) is 0 Å². The van der Waals surface area contributed by atoms with E-state index in [4.69, 9.17) is 14.2 Å². The first kappa shape index (κ1) is 29.0. The van der Waals surface area contributed by atoms with Crippen molar-refractivity contribution in [3.63, 3.8) is 0 Å². The lowest BCUT2D eigenvalue weighted by molar-refractivity contribution is -0.202. The van der Waals surface area contributed by atoms with Crippen LogP contribution < -0.4 is 0 Å². The molecule has 0 radical (unpaired) electrons. The maximum absolute atomic E-state index is 6.77. The maximum Gasteiger partial charge on any atom is 0.113 e. The zero-order chi connectivity index (χ0) is 27.8. The maximum atomic E-state index is 6.77. The van der Waals surface area contributed by atoms with Crippen molar-refractivity contribution < 1.29 is 14.2 Å². The smallest absolute Gasteiger partial charge is 0.113 e. The molecule has 0 unspecified atom stereocenters. The molecule has 214 valence electrons. The van der Waals surface area contributed by atoms with Crippen molar-refractivity contribution in [1.29, 1.82) is 0 Å². The van der Waals surface area contributed by atoms with E-state index in [0.717, 1.165) is 19.0 Å². The molecule has 3 aromatic rings. The molecule has 1 heterocycles. The van der Waals surface area contributed by atoms with E-state index in [1.54, 1.807) is 0 Å². The SMILES string of the molecule is C[C@@H]1[C@@H](OCc2ccccc2)[C@H](OCc2ccccc2)[C@@H](OCc2ccccc2)CN1CC1CCC(C)(C)CC1. The number of ether oxygens (including phenoxy) is 3. The van der Waals surface area contributed by atoms with Gasteiger partial charge in [-0.1, -0.05) is 105 Å². The topological polar surface area (TPSA) is 30.9 Å². The summed E-state index contributed by atoms with van der Waals surface area (Å²) in [5.74, 6) is 0.724. The standard InChI is InChI=1S/C36H47NO3/c1-28-34(39-26-31-15-9-5-10-16-31)35(40-27-32-17-11-6-12-18-32)33(38-25-30-13-7-4-8-14-30)24-37(28)23-29-19-21-36(2,3)22-20-29/h4-18,28-29,33-35H,19-27H2,1-3H3/t28-,33+,34-,35-/m1/s1. The summed E-state index contributed by atoms with van der Waals surface area (Å²) in [6.07, 6.45) is 4.88. The Hall–Kier alpha value is -2.50. The Morgan fingerprint density at radius 3 is 1.60 bits per heavy atom. The van der Waals surface area contributed by atoms with E-state index in [1.807, 2.05) is 6.07 Å². The molecule has 0 N–H and O–H groups in total. The van der Waals surface area contributed by atoms with E-state index in [9.17, 15) is 0 Å². The highest BCUT2D eigenvalue weighted by Crippen LogP contribution is 2.39. The minimum absolute atomic E-state index is 0.0825. The number of hydrogen-bond donors (Lipinski definition) is 0. The van der Waals surface area contributed by atoms with E-state index in [0.29, 0.717) is 25.2 Å².